The zero-order valence-corrected chi connectivity index (χ0v) is 15.2. The molecule has 0 unspecified atom stereocenters. The van der Waals surface area contributed by atoms with Gasteiger partial charge in [-0.05, 0) is 35.0 Å². The molecule has 3 nitrogen and oxygen atoms in total. The van der Waals surface area contributed by atoms with Crippen LogP contribution in [0.15, 0.2) is 33.6 Å². The number of aromatic nitrogens is 2. The Bertz CT molecular complexity index is 650. The van der Waals surface area contributed by atoms with E-state index >= 15 is 0 Å². The zero-order valence-electron chi connectivity index (χ0n) is 12.8. The summed E-state index contributed by atoms with van der Waals surface area (Å²) < 4.78 is 0.805. The number of halogens is 1. The Kier molecular flexibility index (Phi) is 4.94. The molecule has 0 saturated carbocycles. The van der Waals surface area contributed by atoms with E-state index in [0.29, 0.717) is 11.6 Å². The van der Waals surface area contributed by atoms with Crippen LogP contribution >= 0.6 is 27.7 Å². The lowest BCUT2D eigenvalue weighted by atomic mass is 9.92. The minimum Gasteiger partial charge on any atom is -0.383 e. The first-order valence-electron chi connectivity index (χ1n) is 6.79. The summed E-state index contributed by atoms with van der Waals surface area (Å²) >= 11 is 5.22. The summed E-state index contributed by atoms with van der Waals surface area (Å²) in [5.74, 6) is 1.99. The van der Waals surface area contributed by atoms with E-state index in [4.69, 9.17) is 5.73 Å². The van der Waals surface area contributed by atoms with Crippen LogP contribution in [-0.2, 0) is 11.2 Å². The molecule has 0 amide bonds. The second-order valence-electron chi connectivity index (χ2n) is 6.04. The van der Waals surface area contributed by atoms with Crippen molar-refractivity contribution in [2.75, 3.05) is 5.73 Å². The standard InChI is InChI=1S/C16H20BrN3S/c1-10-6-5-7-11(8-10)21-9-12-19-14(16(2,3)4)13(17)15(18)20-12/h5-8H,9H2,1-4H3,(H2,18,19,20). The van der Waals surface area contributed by atoms with Gasteiger partial charge in [0.1, 0.15) is 11.6 Å². The van der Waals surface area contributed by atoms with Crippen molar-refractivity contribution < 1.29 is 0 Å². The molecule has 0 atom stereocenters. The fourth-order valence-electron chi connectivity index (χ4n) is 1.93. The minimum atomic E-state index is -0.0708. The van der Waals surface area contributed by atoms with Gasteiger partial charge in [-0.25, -0.2) is 9.97 Å². The molecule has 0 aliphatic carbocycles. The third kappa shape index (κ3) is 4.20. The predicted octanol–water partition coefficient (Wildman–Crippen LogP) is 4.72. The van der Waals surface area contributed by atoms with Crippen LogP contribution in [0.4, 0.5) is 5.82 Å². The maximum absolute atomic E-state index is 6.00. The largest absolute Gasteiger partial charge is 0.383 e. The number of hydrogen-bond acceptors (Lipinski definition) is 4. The van der Waals surface area contributed by atoms with Gasteiger partial charge in [0.05, 0.1) is 15.9 Å². The first kappa shape index (κ1) is 16.3. The molecular weight excluding hydrogens is 346 g/mol. The summed E-state index contributed by atoms with van der Waals surface area (Å²) in [5.41, 5.74) is 8.14. The quantitative estimate of drug-likeness (QED) is 0.799. The van der Waals surface area contributed by atoms with Crippen molar-refractivity contribution >= 4 is 33.5 Å². The van der Waals surface area contributed by atoms with Crippen LogP contribution < -0.4 is 5.73 Å². The van der Waals surface area contributed by atoms with Gasteiger partial charge in [0.15, 0.2) is 0 Å². The maximum Gasteiger partial charge on any atom is 0.141 e. The van der Waals surface area contributed by atoms with E-state index in [0.717, 1.165) is 16.0 Å². The molecule has 0 saturated heterocycles. The molecule has 112 valence electrons. The van der Waals surface area contributed by atoms with E-state index in [1.807, 2.05) is 0 Å². The van der Waals surface area contributed by atoms with E-state index in [1.165, 1.54) is 10.5 Å². The first-order chi connectivity index (χ1) is 9.77. The number of aryl methyl sites for hydroxylation is 1. The number of thioether (sulfide) groups is 1. The van der Waals surface area contributed by atoms with Gasteiger partial charge in [-0.1, -0.05) is 38.5 Å². The van der Waals surface area contributed by atoms with E-state index in [2.05, 4.69) is 77.9 Å². The van der Waals surface area contributed by atoms with Crippen molar-refractivity contribution in [3.8, 4) is 0 Å². The molecule has 21 heavy (non-hydrogen) atoms. The van der Waals surface area contributed by atoms with Crippen LogP contribution in [0.1, 0.15) is 37.9 Å². The molecule has 5 heteroatoms. The van der Waals surface area contributed by atoms with Crippen LogP contribution in [0.2, 0.25) is 0 Å². The lowest BCUT2D eigenvalue weighted by Gasteiger charge is -2.20. The Morgan fingerprint density at radius 3 is 2.57 bits per heavy atom. The Morgan fingerprint density at radius 2 is 1.95 bits per heavy atom. The second-order valence-corrected chi connectivity index (χ2v) is 7.88. The first-order valence-corrected chi connectivity index (χ1v) is 8.57. The van der Waals surface area contributed by atoms with Crippen molar-refractivity contribution in [1.82, 2.24) is 9.97 Å². The Balaban J connectivity index is 2.23. The van der Waals surface area contributed by atoms with Gasteiger partial charge in [-0.15, -0.1) is 11.8 Å². The van der Waals surface area contributed by atoms with Crippen LogP contribution in [0.3, 0.4) is 0 Å². The lowest BCUT2D eigenvalue weighted by Crippen LogP contribution is -2.17. The lowest BCUT2D eigenvalue weighted by molar-refractivity contribution is 0.561. The monoisotopic (exact) mass is 365 g/mol. The van der Waals surface area contributed by atoms with E-state index in [1.54, 1.807) is 11.8 Å². The number of hydrogen-bond donors (Lipinski definition) is 1. The maximum atomic E-state index is 6.00. The van der Waals surface area contributed by atoms with Crippen molar-refractivity contribution in [3.05, 3.63) is 45.8 Å². The molecule has 2 N–H and O–H groups in total. The highest BCUT2D eigenvalue weighted by atomic mass is 79.9. The third-order valence-electron chi connectivity index (χ3n) is 2.99. The number of nitrogen functional groups attached to an aromatic ring is 1. The van der Waals surface area contributed by atoms with Crippen molar-refractivity contribution in [1.29, 1.82) is 0 Å². The predicted molar refractivity (Wildman–Crippen MR) is 93.6 cm³/mol. The van der Waals surface area contributed by atoms with Crippen LogP contribution in [-0.4, -0.2) is 9.97 Å². The fraction of sp³-hybridized carbons (Fsp3) is 0.375. The summed E-state index contributed by atoms with van der Waals surface area (Å²) in [6.07, 6.45) is 0. The van der Waals surface area contributed by atoms with Gasteiger partial charge in [0.2, 0.25) is 0 Å². The van der Waals surface area contributed by atoms with Gasteiger partial charge in [0.25, 0.3) is 0 Å². The van der Waals surface area contributed by atoms with Crippen LogP contribution in [0.25, 0.3) is 0 Å². The van der Waals surface area contributed by atoms with Crippen LogP contribution in [0, 0.1) is 6.92 Å². The Hall–Kier alpha value is -1.07. The molecule has 2 rings (SSSR count). The molecule has 0 aliphatic heterocycles. The zero-order chi connectivity index (χ0) is 15.6. The summed E-state index contributed by atoms with van der Waals surface area (Å²) in [4.78, 5) is 10.3. The highest BCUT2D eigenvalue weighted by Crippen LogP contribution is 2.32. The summed E-state index contributed by atoms with van der Waals surface area (Å²) in [5, 5.41) is 0. The normalized spacial score (nSPS) is 11.7. The molecular formula is C16H20BrN3S. The number of benzene rings is 1. The van der Waals surface area contributed by atoms with E-state index in [-0.39, 0.29) is 5.41 Å². The highest BCUT2D eigenvalue weighted by molar-refractivity contribution is 9.10. The van der Waals surface area contributed by atoms with Gasteiger partial charge in [0, 0.05) is 10.3 Å². The number of nitrogens with zero attached hydrogens (tertiary/aromatic N) is 2. The molecule has 0 fully saturated rings. The minimum absolute atomic E-state index is 0.0708. The molecule has 0 bridgehead atoms. The van der Waals surface area contributed by atoms with Gasteiger partial charge in [-0.2, -0.15) is 0 Å². The summed E-state index contributed by atoms with van der Waals surface area (Å²) in [7, 11) is 0. The average Bonchev–Trinajstić information content (AvgIpc) is 2.38. The Labute approximate surface area is 138 Å². The summed E-state index contributed by atoms with van der Waals surface area (Å²) in [6, 6.07) is 8.42. The fourth-order valence-corrected chi connectivity index (χ4v) is 3.57. The van der Waals surface area contributed by atoms with Gasteiger partial charge < -0.3 is 5.73 Å². The van der Waals surface area contributed by atoms with E-state index in [9.17, 15) is 0 Å². The average molecular weight is 366 g/mol. The van der Waals surface area contributed by atoms with Gasteiger partial charge in [-0.3, -0.25) is 0 Å². The highest BCUT2D eigenvalue weighted by Gasteiger charge is 2.22. The Morgan fingerprint density at radius 1 is 1.24 bits per heavy atom. The molecule has 1 aromatic carbocycles. The molecule has 0 radical (unpaired) electrons. The number of anilines is 1. The van der Waals surface area contributed by atoms with E-state index < -0.39 is 0 Å². The molecule has 1 aromatic heterocycles. The molecule has 2 aromatic rings. The van der Waals surface area contributed by atoms with Crippen molar-refractivity contribution in [2.45, 2.75) is 43.8 Å². The number of nitrogens with two attached hydrogens (primary N) is 1. The topological polar surface area (TPSA) is 51.8 Å². The van der Waals surface area contributed by atoms with Crippen molar-refractivity contribution in [3.63, 3.8) is 0 Å². The van der Waals surface area contributed by atoms with Gasteiger partial charge >= 0.3 is 0 Å². The summed E-state index contributed by atoms with van der Waals surface area (Å²) in [6.45, 7) is 8.46. The van der Waals surface area contributed by atoms with Crippen molar-refractivity contribution in [2.24, 2.45) is 0 Å². The SMILES string of the molecule is Cc1cccc(SCc2nc(N)c(Br)c(C(C)(C)C)n2)c1. The van der Waals surface area contributed by atoms with Crippen LogP contribution in [0.5, 0.6) is 0 Å². The second kappa shape index (κ2) is 6.36. The number of rotatable bonds is 3. The molecule has 0 aliphatic rings. The third-order valence-corrected chi connectivity index (χ3v) is 4.76. The molecule has 0 spiro atoms. The smallest absolute Gasteiger partial charge is 0.141 e. The molecule has 1 heterocycles.